The SMILES string of the molecule is CCOc1ccc(CCC[SiH2]C)cc1. The molecule has 0 unspecified atom stereocenters. The lowest BCUT2D eigenvalue weighted by Gasteiger charge is -2.04. The van der Waals surface area contributed by atoms with Crippen molar-refractivity contribution < 1.29 is 4.74 Å². The Bertz CT molecular complexity index is 243. The van der Waals surface area contributed by atoms with Gasteiger partial charge in [0.2, 0.25) is 0 Å². The number of aryl methyl sites for hydroxylation is 1. The Morgan fingerprint density at radius 1 is 1.21 bits per heavy atom. The van der Waals surface area contributed by atoms with Gasteiger partial charge in [0.1, 0.15) is 5.75 Å². The van der Waals surface area contributed by atoms with E-state index in [2.05, 4.69) is 30.8 Å². The van der Waals surface area contributed by atoms with E-state index in [-0.39, 0.29) is 9.52 Å². The minimum Gasteiger partial charge on any atom is -0.494 e. The van der Waals surface area contributed by atoms with Crippen LogP contribution in [0.25, 0.3) is 0 Å². The molecule has 0 aliphatic heterocycles. The molecule has 0 heterocycles. The fourth-order valence-corrected chi connectivity index (χ4v) is 2.25. The summed E-state index contributed by atoms with van der Waals surface area (Å²) in [6, 6.07) is 9.97. The first-order chi connectivity index (χ1) is 6.86. The van der Waals surface area contributed by atoms with Crippen molar-refractivity contribution in [1.29, 1.82) is 0 Å². The highest BCUT2D eigenvalue weighted by Crippen LogP contribution is 2.13. The van der Waals surface area contributed by atoms with Crippen molar-refractivity contribution in [3.8, 4) is 5.75 Å². The molecule has 1 rings (SSSR count). The molecule has 1 aromatic rings. The van der Waals surface area contributed by atoms with Crippen molar-refractivity contribution in [3.05, 3.63) is 29.8 Å². The number of rotatable bonds is 6. The van der Waals surface area contributed by atoms with Gasteiger partial charge >= 0.3 is 0 Å². The van der Waals surface area contributed by atoms with Gasteiger partial charge in [-0.1, -0.05) is 31.1 Å². The maximum atomic E-state index is 5.39. The Labute approximate surface area is 89.3 Å². The molecule has 1 aromatic carbocycles. The van der Waals surface area contributed by atoms with Crippen LogP contribution >= 0.6 is 0 Å². The van der Waals surface area contributed by atoms with Crippen molar-refractivity contribution in [3.63, 3.8) is 0 Å². The second-order valence-electron chi connectivity index (χ2n) is 3.53. The van der Waals surface area contributed by atoms with E-state index in [1.54, 1.807) is 0 Å². The molecule has 14 heavy (non-hydrogen) atoms. The van der Waals surface area contributed by atoms with E-state index in [1.807, 2.05) is 6.92 Å². The maximum absolute atomic E-state index is 5.39. The van der Waals surface area contributed by atoms with Crippen molar-refractivity contribution in [2.45, 2.75) is 32.4 Å². The summed E-state index contributed by atoms with van der Waals surface area (Å²) in [6.45, 7) is 5.14. The van der Waals surface area contributed by atoms with Crippen LogP contribution in [-0.4, -0.2) is 16.1 Å². The number of ether oxygens (including phenoxy) is 1. The van der Waals surface area contributed by atoms with Gasteiger partial charge in [0.05, 0.1) is 6.61 Å². The van der Waals surface area contributed by atoms with Crippen LogP contribution in [0.4, 0.5) is 0 Å². The van der Waals surface area contributed by atoms with Crippen LogP contribution < -0.4 is 4.74 Å². The zero-order valence-electron chi connectivity index (χ0n) is 9.25. The summed E-state index contributed by atoms with van der Waals surface area (Å²) < 4.78 is 5.39. The molecule has 0 amide bonds. The second kappa shape index (κ2) is 6.66. The third-order valence-electron chi connectivity index (χ3n) is 2.30. The summed E-state index contributed by atoms with van der Waals surface area (Å²) in [5, 5.41) is 0. The summed E-state index contributed by atoms with van der Waals surface area (Å²) in [6.07, 6.45) is 2.59. The third-order valence-corrected chi connectivity index (χ3v) is 3.51. The van der Waals surface area contributed by atoms with Crippen LogP contribution in [0, 0.1) is 0 Å². The molecule has 0 radical (unpaired) electrons. The van der Waals surface area contributed by atoms with Gasteiger partial charge in [0.15, 0.2) is 0 Å². The van der Waals surface area contributed by atoms with Crippen LogP contribution in [0.1, 0.15) is 18.9 Å². The zero-order valence-corrected chi connectivity index (χ0v) is 10.7. The average Bonchev–Trinajstić information content (AvgIpc) is 2.21. The predicted molar refractivity (Wildman–Crippen MR) is 65.1 cm³/mol. The molecule has 0 fully saturated rings. The Balaban J connectivity index is 2.38. The van der Waals surface area contributed by atoms with Crippen LogP contribution in [0.3, 0.4) is 0 Å². The number of hydrogen-bond acceptors (Lipinski definition) is 1. The molecule has 0 bridgehead atoms. The summed E-state index contributed by atoms with van der Waals surface area (Å²) >= 11 is 0. The Hall–Kier alpha value is -0.763. The molecule has 2 heteroatoms. The van der Waals surface area contributed by atoms with Crippen LogP contribution in [-0.2, 0) is 6.42 Å². The molecule has 78 valence electrons. The summed E-state index contributed by atoms with van der Waals surface area (Å²) in [7, 11) is 0.257. The smallest absolute Gasteiger partial charge is 0.119 e. The van der Waals surface area contributed by atoms with Gasteiger partial charge in [-0.2, -0.15) is 0 Å². The van der Waals surface area contributed by atoms with Gasteiger partial charge in [-0.3, -0.25) is 0 Å². The topological polar surface area (TPSA) is 9.23 Å². The molecular formula is C12H20OSi. The Kier molecular flexibility index (Phi) is 5.38. The van der Waals surface area contributed by atoms with E-state index in [0.29, 0.717) is 0 Å². The molecule has 1 nitrogen and oxygen atoms in total. The minimum absolute atomic E-state index is 0.257. The van der Waals surface area contributed by atoms with Gasteiger partial charge in [-0.15, -0.1) is 0 Å². The highest BCUT2D eigenvalue weighted by molar-refractivity contribution is 6.33. The van der Waals surface area contributed by atoms with Gasteiger partial charge in [-0.25, -0.2) is 0 Å². The molecule has 0 saturated heterocycles. The maximum Gasteiger partial charge on any atom is 0.119 e. The van der Waals surface area contributed by atoms with Crippen molar-refractivity contribution in [1.82, 2.24) is 0 Å². The molecule has 0 N–H and O–H groups in total. The largest absolute Gasteiger partial charge is 0.494 e. The Morgan fingerprint density at radius 2 is 1.93 bits per heavy atom. The summed E-state index contributed by atoms with van der Waals surface area (Å²) in [5.41, 5.74) is 1.44. The van der Waals surface area contributed by atoms with E-state index in [4.69, 9.17) is 4.74 Å². The molecular weight excluding hydrogens is 188 g/mol. The van der Waals surface area contributed by atoms with E-state index in [0.717, 1.165) is 12.4 Å². The monoisotopic (exact) mass is 208 g/mol. The fraction of sp³-hybridized carbons (Fsp3) is 0.500. The highest BCUT2D eigenvalue weighted by Gasteiger charge is 1.94. The molecule has 0 saturated carbocycles. The minimum atomic E-state index is 0.257. The van der Waals surface area contributed by atoms with Gasteiger partial charge in [0.25, 0.3) is 0 Å². The second-order valence-corrected chi connectivity index (χ2v) is 5.24. The lowest BCUT2D eigenvalue weighted by molar-refractivity contribution is 0.340. The van der Waals surface area contributed by atoms with Gasteiger partial charge in [-0.05, 0) is 31.0 Å². The first-order valence-electron chi connectivity index (χ1n) is 5.58. The van der Waals surface area contributed by atoms with E-state index < -0.39 is 0 Å². The van der Waals surface area contributed by atoms with Gasteiger partial charge < -0.3 is 4.74 Å². The first kappa shape index (κ1) is 11.3. The van der Waals surface area contributed by atoms with E-state index >= 15 is 0 Å². The fourth-order valence-electron chi connectivity index (χ4n) is 1.50. The van der Waals surface area contributed by atoms with E-state index in [9.17, 15) is 0 Å². The molecule has 0 aliphatic rings. The lowest BCUT2D eigenvalue weighted by atomic mass is 10.1. The number of benzene rings is 1. The average molecular weight is 208 g/mol. The first-order valence-corrected chi connectivity index (χ1v) is 8.00. The highest BCUT2D eigenvalue weighted by atomic mass is 28.2. The lowest BCUT2D eigenvalue weighted by Crippen LogP contribution is -1.92. The Morgan fingerprint density at radius 3 is 2.50 bits per heavy atom. The molecule has 0 spiro atoms. The van der Waals surface area contributed by atoms with Crippen LogP contribution in [0.15, 0.2) is 24.3 Å². The van der Waals surface area contributed by atoms with Crippen molar-refractivity contribution in [2.24, 2.45) is 0 Å². The quantitative estimate of drug-likeness (QED) is 0.516. The molecule has 0 aromatic heterocycles. The van der Waals surface area contributed by atoms with Crippen molar-refractivity contribution >= 4 is 9.52 Å². The van der Waals surface area contributed by atoms with Gasteiger partial charge in [0, 0.05) is 9.52 Å². The predicted octanol–water partition coefficient (Wildman–Crippen LogP) is 2.65. The zero-order chi connectivity index (χ0) is 10.2. The van der Waals surface area contributed by atoms with Crippen LogP contribution in [0.5, 0.6) is 5.75 Å². The normalized spacial score (nSPS) is 11.0. The van der Waals surface area contributed by atoms with Crippen LogP contribution in [0.2, 0.25) is 12.6 Å². The van der Waals surface area contributed by atoms with Crippen molar-refractivity contribution in [2.75, 3.05) is 6.61 Å². The third kappa shape index (κ3) is 3.96. The van der Waals surface area contributed by atoms with E-state index in [1.165, 1.54) is 24.4 Å². The summed E-state index contributed by atoms with van der Waals surface area (Å²) in [4.78, 5) is 0. The summed E-state index contributed by atoms with van der Waals surface area (Å²) in [5.74, 6) is 0.987. The molecule has 0 atom stereocenters. The standard InChI is InChI=1S/C12H20OSi/c1-3-13-12-8-6-11(7-9-12)5-4-10-14-2/h6-9H,3-5,10,14H2,1-2H3. The number of hydrogen-bond donors (Lipinski definition) is 0. The molecule has 0 aliphatic carbocycles.